The van der Waals surface area contributed by atoms with Gasteiger partial charge in [-0.1, -0.05) is 41.9 Å². The molecule has 0 aliphatic rings. The maximum absolute atomic E-state index is 10.3. The van der Waals surface area contributed by atoms with Crippen LogP contribution in [0.1, 0.15) is 17.2 Å². The lowest BCUT2D eigenvalue weighted by molar-refractivity contribution is 0.185. The number of benzene rings is 2. The van der Waals surface area contributed by atoms with Gasteiger partial charge in [-0.05, 0) is 36.2 Å². The van der Waals surface area contributed by atoms with E-state index in [1.807, 2.05) is 67.4 Å². The minimum absolute atomic E-state index is 0.527. The molecule has 0 bridgehead atoms. The summed E-state index contributed by atoms with van der Waals surface area (Å²) in [6.07, 6.45) is -0.527. The van der Waals surface area contributed by atoms with E-state index in [1.165, 1.54) is 0 Å². The van der Waals surface area contributed by atoms with E-state index in [0.29, 0.717) is 6.54 Å². The number of aliphatic hydroxyl groups is 1. The highest BCUT2D eigenvalue weighted by atomic mass is 35.5. The maximum atomic E-state index is 10.3. The van der Waals surface area contributed by atoms with Crippen LogP contribution in [0.3, 0.4) is 0 Å². The lowest BCUT2D eigenvalue weighted by Gasteiger charge is -2.23. The predicted octanol–water partition coefficient (Wildman–Crippen LogP) is 3.82. The zero-order chi connectivity index (χ0) is 13.8. The van der Waals surface area contributed by atoms with Crippen molar-refractivity contribution in [2.75, 3.05) is 18.5 Å². The molecule has 0 radical (unpaired) electrons. The summed E-state index contributed by atoms with van der Waals surface area (Å²) in [5.74, 6) is 0. The molecule has 0 amide bonds. The van der Waals surface area contributed by atoms with Crippen LogP contribution in [0.2, 0.25) is 5.02 Å². The van der Waals surface area contributed by atoms with Crippen molar-refractivity contribution in [3.63, 3.8) is 0 Å². The molecule has 2 nitrogen and oxygen atoms in total. The fourth-order valence-corrected chi connectivity index (χ4v) is 2.15. The highest BCUT2D eigenvalue weighted by Gasteiger charge is 2.12. The van der Waals surface area contributed by atoms with Crippen molar-refractivity contribution >= 4 is 17.3 Å². The van der Waals surface area contributed by atoms with Crippen molar-refractivity contribution < 1.29 is 5.11 Å². The number of likely N-dealkylation sites (N-methyl/N-ethyl adjacent to an activating group) is 1. The van der Waals surface area contributed by atoms with Gasteiger partial charge in [0.2, 0.25) is 0 Å². The second kappa shape index (κ2) is 6.09. The van der Waals surface area contributed by atoms with Crippen molar-refractivity contribution in [2.45, 2.75) is 13.0 Å². The zero-order valence-corrected chi connectivity index (χ0v) is 11.9. The van der Waals surface area contributed by atoms with Gasteiger partial charge in [-0.25, -0.2) is 0 Å². The number of hydrogen-bond donors (Lipinski definition) is 1. The van der Waals surface area contributed by atoms with Crippen LogP contribution < -0.4 is 4.90 Å². The van der Waals surface area contributed by atoms with E-state index in [2.05, 4.69) is 0 Å². The Morgan fingerprint density at radius 2 is 1.84 bits per heavy atom. The Kier molecular flexibility index (Phi) is 4.46. The second-order valence-electron chi connectivity index (χ2n) is 4.74. The first-order chi connectivity index (χ1) is 9.08. The fourth-order valence-electron chi connectivity index (χ4n) is 2.03. The predicted molar refractivity (Wildman–Crippen MR) is 80.9 cm³/mol. The SMILES string of the molecule is Cc1cc(C(O)CN(C)c2ccccc2)ccc1Cl. The molecule has 1 unspecified atom stereocenters. The third-order valence-electron chi connectivity index (χ3n) is 3.21. The number of nitrogens with zero attached hydrogens (tertiary/aromatic N) is 1. The number of aliphatic hydroxyl groups excluding tert-OH is 1. The highest BCUT2D eigenvalue weighted by Crippen LogP contribution is 2.22. The molecule has 0 aliphatic heterocycles. The van der Waals surface area contributed by atoms with E-state index < -0.39 is 6.10 Å². The molecule has 0 aromatic heterocycles. The minimum Gasteiger partial charge on any atom is -0.387 e. The molecule has 1 N–H and O–H groups in total. The molecule has 1 atom stereocenters. The Balaban J connectivity index is 2.08. The number of para-hydroxylation sites is 1. The lowest BCUT2D eigenvalue weighted by atomic mass is 10.1. The Labute approximate surface area is 119 Å². The van der Waals surface area contributed by atoms with E-state index in [0.717, 1.165) is 21.8 Å². The van der Waals surface area contributed by atoms with Crippen LogP contribution in [-0.2, 0) is 0 Å². The standard InChI is InChI=1S/C16H18ClNO/c1-12-10-13(8-9-15(12)17)16(19)11-18(2)14-6-4-3-5-7-14/h3-10,16,19H,11H2,1-2H3. The monoisotopic (exact) mass is 275 g/mol. The number of rotatable bonds is 4. The number of anilines is 1. The van der Waals surface area contributed by atoms with Crippen molar-refractivity contribution in [3.8, 4) is 0 Å². The first-order valence-electron chi connectivity index (χ1n) is 6.28. The van der Waals surface area contributed by atoms with Gasteiger partial charge in [0.05, 0.1) is 6.10 Å². The van der Waals surface area contributed by atoms with Crippen molar-refractivity contribution in [1.82, 2.24) is 0 Å². The molecule has 100 valence electrons. The van der Waals surface area contributed by atoms with Gasteiger partial charge in [0.1, 0.15) is 0 Å². The van der Waals surface area contributed by atoms with E-state index in [4.69, 9.17) is 11.6 Å². The summed E-state index contributed by atoms with van der Waals surface area (Å²) in [5.41, 5.74) is 2.97. The molecule has 0 saturated heterocycles. The molecule has 0 fully saturated rings. The van der Waals surface area contributed by atoms with Gasteiger partial charge < -0.3 is 10.0 Å². The Morgan fingerprint density at radius 1 is 1.16 bits per heavy atom. The van der Waals surface area contributed by atoms with Crippen LogP contribution in [0.5, 0.6) is 0 Å². The van der Waals surface area contributed by atoms with Gasteiger partial charge >= 0.3 is 0 Å². The van der Waals surface area contributed by atoms with Gasteiger partial charge in [0.25, 0.3) is 0 Å². The summed E-state index contributed by atoms with van der Waals surface area (Å²) in [5, 5.41) is 11.0. The summed E-state index contributed by atoms with van der Waals surface area (Å²) < 4.78 is 0. The largest absolute Gasteiger partial charge is 0.387 e. The summed E-state index contributed by atoms with van der Waals surface area (Å²) in [7, 11) is 1.97. The van der Waals surface area contributed by atoms with Gasteiger partial charge in [0, 0.05) is 24.3 Å². The molecule has 2 aromatic carbocycles. The number of hydrogen-bond acceptors (Lipinski definition) is 2. The summed E-state index contributed by atoms with van der Waals surface area (Å²) in [6, 6.07) is 15.7. The van der Waals surface area contributed by atoms with Crippen molar-refractivity contribution in [2.24, 2.45) is 0 Å². The molecular weight excluding hydrogens is 258 g/mol. The Bertz CT molecular complexity index is 542. The van der Waals surface area contributed by atoms with Gasteiger partial charge in [0.15, 0.2) is 0 Å². The smallest absolute Gasteiger partial charge is 0.0964 e. The van der Waals surface area contributed by atoms with E-state index >= 15 is 0 Å². The first kappa shape index (κ1) is 13.9. The quantitative estimate of drug-likeness (QED) is 0.917. The van der Waals surface area contributed by atoms with Crippen LogP contribution in [0.15, 0.2) is 48.5 Å². The molecule has 3 heteroatoms. The third-order valence-corrected chi connectivity index (χ3v) is 3.63. The summed E-state index contributed by atoms with van der Waals surface area (Å²) in [4.78, 5) is 2.04. The molecule has 0 heterocycles. The molecule has 0 aliphatic carbocycles. The maximum Gasteiger partial charge on any atom is 0.0964 e. The van der Waals surface area contributed by atoms with Crippen LogP contribution >= 0.6 is 11.6 Å². The third kappa shape index (κ3) is 3.49. The first-order valence-corrected chi connectivity index (χ1v) is 6.66. The van der Waals surface area contributed by atoms with Crippen molar-refractivity contribution in [1.29, 1.82) is 0 Å². The lowest BCUT2D eigenvalue weighted by Crippen LogP contribution is -2.24. The molecule has 19 heavy (non-hydrogen) atoms. The molecule has 0 saturated carbocycles. The topological polar surface area (TPSA) is 23.5 Å². The van der Waals surface area contributed by atoms with Crippen molar-refractivity contribution in [3.05, 3.63) is 64.7 Å². The van der Waals surface area contributed by atoms with Crippen LogP contribution in [-0.4, -0.2) is 18.7 Å². The average Bonchev–Trinajstić information content (AvgIpc) is 2.42. The van der Waals surface area contributed by atoms with Crippen LogP contribution in [0.4, 0.5) is 5.69 Å². The second-order valence-corrected chi connectivity index (χ2v) is 5.15. The molecule has 2 aromatic rings. The minimum atomic E-state index is -0.527. The Hall–Kier alpha value is -1.51. The van der Waals surface area contributed by atoms with Crippen LogP contribution in [0, 0.1) is 6.92 Å². The average molecular weight is 276 g/mol. The molecule has 2 rings (SSSR count). The molecule has 0 spiro atoms. The Morgan fingerprint density at radius 3 is 2.47 bits per heavy atom. The summed E-state index contributed by atoms with van der Waals surface area (Å²) in [6.45, 7) is 2.49. The van der Waals surface area contributed by atoms with E-state index in [-0.39, 0.29) is 0 Å². The zero-order valence-electron chi connectivity index (χ0n) is 11.2. The van der Waals surface area contributed by atoms with Gasteiger partial charge in [-0.3, -0.25) is 0 Å². The fraction of sp³-hybridized carbons (Fsp3) is 0.250. The van der Waals surface area contributed by atoms with E-state index in [1.54, 1.807) is 0 Å². The normalized spacial score (nSPS) is 12.2. The van der Waals surface area contributed by atoms with Crippen LogP contribution in [0.25, 0.3) is 0 Å². The van der Waals surface area contributed by atoms with Gasteiger partial charge in [-0.15, -0.1) is 0 Å². The number of halogens is 1. The number of aryl methyl sites for hydroxylation is 1. The molecular formula is C16H18ClNO. The highest BCUT2D eigenvalue weighted by molar-refractivity contribution is 6.31. The van der Waals surface area contributed by atoms with Gasteiger partial charge in [-0.2, -0.15) is 0 Å². The summed E-state index contributed by atoms with van der Waals surface area (Å²) >= 11 is 5.99. The van der Waals surface area contributed by atoms with E-state index in [9.17, 15) is 5.11 Å².